The van der Waals surface area contributed by atoms with Crippen LogP contribution in [-0.4, -0.2) is 20.4 Å². The van der Waals surface area contributed by atoms with Crippen LogP contribution in [0.1, 0.15) is 0 Å². The number of amides is 1. The van der Waals surface area contributed by atoms with Gasteiger partial charge in [-0.2, -0.15) is 0 Å². The van der Waals surface area contributed by atoms with Gasteiger partial charge in [0.25, 0.3) is 11.2 Å². The predicted molar refractivity (Wildman–Crippen MR) is 95.6 cm³/mol. The van der Waals surface area contributed by atoms with E-state index in [9.17, 15) is 24.1 Å². The van der Waals surface area contributed by atoms with E-state index in [1.54, 1.807) is 12.1 Å². The van der Waals surface area contributed by atoms with Gasteiger partial charge in [-0.15, -0.1) is 0 Å². The second-order valence-electron chi connectivity index (χ2n) is 5.54. The zero-order valence-corrected chi connectivity index (χ0v) is 13.8. The summed E-state index contributed by atoms with van der Waals surface area (Å²) in [5, 5.41) is 13.4. The molecule has 1 aromatic heterocycles. The first-order valence-electron chi connectivity index (χ1n) is 7.80. The lowest BCUT2D eigenvalue weighted by Gasteiger charge is -2.08. The molecule has 3 aromatic rings. The van der Waals surface area contributed by atoms with E-state index in [4.69, 9.17) is 0 Å². The van der Waals surface area contributed by atoms with Gasteiger partial charge in [-0.05, 0) is 18.2 Å². The number of aromatic nitrogens is 2. The van der Waals surface area contributed by atoms with Gasteiger partial charge in [-0.1, -0.05) is 24.3 Å². The molecule has 0 saturated heterocycles. The van der Waals surface area contributed by atoms with Crippen LogP contribution < -0.4 is 10.9 Å². The van der Waals surface area contributed by atoms with E-state index in [2.05, 4.69) is 10.3 Å². The Morgan fingerprint density at radius 3 is 2.59 bits per heavy atom. The topological polar surface area (TPSA) is 107 Å². The van der Waals surface area contributed by atoms with Crippen LogP contribution in [0.25, 0.3) is 11.3 Å². The maximum Gasteiger partial charge on any atom is 0.292 e. The fraction of sp³-hybridized carbons (Fsp3) is 0.0556. The molecule has 1 amide bonds. The molecule has 0 aliphatic carbocycles. The molecular weight excluding hydrogens is 355 g/mol. The average Bonchev–Trinajstić information content (AvgIpc) is 2.64. The van der Waals surface area contributed by atoms with Crippen molar-refractivity contribution in [2.75, 3.05) is 5.32 Å². The van der Waals surface area contributed by atoms with Crippen LogP contribution in [0.4, 0.5) is 15.8 Å². The monoisotopic (exact) mass is 368 g/mol. The quantitative estimate of drug-likeness (QED) is 0.550. The van der Waals surface area contributed by atoms with Crippen molar-refractivity contribution in [1.82, 2.24) is 9.55 Å². The highest BCUT2D eigenvalue weighted by molar-refractivity contribution is 5.92. The molecule has 1 heterocycles. The standard InChI is InChI=1S/C18H13FN4O4/c19-13-6-2-1-5-12(13)15-9-18(25)22(11-20-15)10-17(24)21-14-7-3-4-8-16(14)23(26)27/h1-9,11H,10H2,(H,21,24). The number of nitrogens with one attached hydrogen (secondary N) is 1. The van der Waals surface area contributed by atoms with Gasteiger partial charge >= 0.3 is 0 Å². The molecule has 0 radical (unpaired) electrons. The summed E-state index contributed by atoms with van der Waals surface area (Å²) < 4.78 is 14.8. The Hall–Kier alpha value is -3.88. The Kier molecular flexibility index (Phi) is 5.02. The average molecular weight is 368 g/mol. The number of benzene rings is 2. The maximum atomic E-state index is 13.8. The van der Waals surface area contributed by atoms with E-state index in [0.29, 0.717) is 0 Å². The number of nitrogens with zero attached hydrogens (tertiary/aromatic N) is 3. The van der Waals surface area contributed by atoms with E-state index >= 15 is 0 Å². The van der Waals surface area contributed by atoms with E-state index in [-0.39, 0.29) is 22.6 Å². The van der Waals surface area contributed by atoms with Crippen LogP contribution in [0.2, 0.25) is 0 Å². The SMILES string of the molecule is O=C(Cn1cnc(-c2ccccc2F)cc1=O)Nc1ccccc1[N+](=O)[O-]. The maximum absolute atomic E-state index is 13.8. The molecule has 0 unspecified atom stereocenters. The van der Waals surface area contributed by atoms with Crippen LogP contribution in [0.5, 0.6) is 0 Å². The zero-order valence-electron chi connectivity index (χ0n) is 13.8. The minimum atomic E-state index is -0.633. The van der Waals surface area contributed by atoms with Crippen molar-refractivity contribution in [2.45, 2.75) is 6.54 Å². The molecule has 0 atom stereocenters. The van der Waals surface area contributed by atoms with Gasteiger partial charge in [0.15, 0.2) is 0 Å². The van der Waals surface area contributed by atoms with Crippen molar-refractivity contribution in [3.63, 3.8) is 0 Å². The van der Waals surface area contributed by atoms with Crippen molar-refractivity contribution in [1.29, 1.82) is 0 Å². The van der Waals surface area contributed by atoms with Gasteiger partial charge in [0.05, 0.1) is 16.9 Å². The Labute approximate surface area is 152 Å². The molecule has 27 heavy (non-hydrogen) atoms. The van der Waals surface area contributed by atoms with E-state index in [1.165, 1.54) is 36.4 Å². The number of hydrogen-bond acceptors (Lipinski definition) is 5. The van der Waals surface area contributed by atoms with E-state index in [1.807, 2.05) is 0 Å². The molecule has 1 N–H and O–H groups in total. The number of rotatable bonds is 5. The molecule has 0 fully saturated rings. The van der Waals surface area contributed by atoms with Crippen LogP contribution in [0, 0.1) is 15.9 Å². The fourth-order valence-electron chi connectivity index (χ4n) is 2.44. The summed E-state index contributed by atoms with van der Waals surface area (Å²) in [6.45, 7) is -0.393. The van der Waals surface area contributed by atoms with Gasteiger partial charge in [-0.3, -0.25) is 24.3 Å². The molecule has 0 aliphatic rings. The molecule has 8 nitrogen and oxygen atoms in total. The number of carbonyl (C=O) groups is 1. The molecule has 2 aromatic carbocycles. The van der Waals surface area contributed by atoms with Crippen molar-refractivity contribution in [3.05, 3.63) is 87.2 Å². The molecule has 136 valence electrons. The van der Waals surface area contributed by atoms with Crippen LogP contribution >= 0.6 is 0 Å². The van der Waals surface area contributed by atoms with Crippen molar-refractivity contribution in [2.24, 2.45) is 0 Å². The molecule has 3 rings (SSSR count). The second kappa shape index (κ2) is 7.56. The Bertz CT molecular complexity index is 1080. The number of anilines is 1. The summed E-state index contributed by atoms with van der Waals surface area (Å²) in [5.41, 5.74) is -0.469. The number of para-hydroxylation sites is 2. The lowest BCUT2D eigenvalue weighted by Crippen LogP contribution is -2.27. The molecule has 9 heteroatoms. The van der Waals surface area contributed by atoms with E-state index < -0.39 is 28.8 Å². The van der Waals surface area contributed by atoms with Gasteiger partial charge < -0.3 is 5.32 Å². The van der Waals surface area contributed by atoms with Crippen molar-refractivity contribution >= 4 is 17.3 Å². The summed E-state index contributed by atoms with van der Waals surface area (Å²) in [6.07, 6.45) is 1.13. The number of nitro benzene ring substituents is 1. The first-order valence-corrected chi connectivity index (χ1v) is 7.80. The number of nitro groups is 1. The first kappa shape index (κ1) is 17.9. The highest BCUT2D eigenvalue weighted by Crippen LogP contribution is 2.23. The highest BCUT2D eigenvalue weighted by Gasteiger charge is 2.15. The zero-order chi connectivity index (χ0) is 19.4. The second-order valence-corrected chi connectivity index (χ2v) is 5.54. The largest absolute Gasteiger partial charge is 0.319 e. The lowest BCUT2D eigenvalue weighted by molar-refractivity contribution is -0.383. The normalized spacial score (nSPS) is 10.4. The molecule has 0 bridgehead atoms. The van der Waals surface area contributed by atoms with E-state index in [0.717, 1.165) is 17.0 Å². The van der Waals surface area contributed by atoms with Crippen LogP contribution in [0.15, 0.2) is 65.7 Å². The smallest absolute Gasteiger partial charge is 0.292 e. The third-order valence-electron chi connectivity index (χ3n) is 3.72. The third-order valence-corrected chi connectivity index (χ3v) is 3.72. The van der Waals surface area contributed by atoms with Gasteiger partial charge in [0, 0.05) is 17.7 Å². The Morgan fingerprint density at radius 1 is 1.19 bits per heavy atom. The fourth-order valence-corrected chi connectivity index (χ4v) is 2.44. The molecule has 0 aliphatic heterocycles. The first-order chi connectivity index (χ1) is 13.0. The summed E-state index contributed by atoms with van der Waals surface area (Å²) in [6, 6.07) is 12.7. The minimum Gasteiger partial charge on any atom is -0.319 e. The van der Waals surface area contributed by atoms with Crippen LogP contribution in [0.3, 0.4) is 0 Å². The Morgan fingerprint density at radius 2 is 1.89 bits per heavy atom. The van der Waals surface area contributed by atoms with Crippen molar-refractivity contribution < 1.29 is 14.1 Å². The number of hydrogen-bond donors (Lipinski definition) is 1. The van der Waals surface area contributed by atoms with Gasteiger partial charge in [-0.25, -0.2) is 9.37 Å². The summed E-state index contributed by atoms with van der Waals surface area (Å²) in [7, 11) is 0. The summed E-state index contributed by atoms with van der Waals surface area (Å²) in [4.78, 5) is 38.7. The number of carbonyl (C=O) groups excluding carboxylic acids is 1. The molecule has 0 saturated carbocycles. The number of halogens is 1. The van der Waals surface area contributed by atoms with Gasteiger partial charge in [0.2, 0.25) is 5.91 Å². The minimum absolute atomic E-state index is 0.0245. The Balaban J connectivity index is 1.79. The third kappa shape index (κ3) is 4.03. The highest BCUT2D eigenvalue weighted by atomic mass is 19.1. The lowest BCUT2D eigenvalue weighted by atomic mass is 10.1. The summed E-state index contributed by atoms with van der Waals surface area (Å²) in [5.74, 6) is -1.15. The van der Waals surface area contributed by atoms with Crippen LogP contribution in [-0.2, 0) is 11.3 Å². The van der Waals surface area contributed by atoms with Gasteiger partial charge in [0.1, 0.15) is 18.0 Å². The molecular formula is C18H13FN4O4. The molecule has 0 spiro atoms. The predicted octanol–water partition coefficient (Wildman–Crippen LogP) is 2.60. The summed E-state index contributed by atoms with van der Waals surface area (Å²) >= 11 is 0. The van der Waals surface area contributed by atoms with Crippen molar-refractivity contribution in [3.8, 4) is 11.3 Å².